The maximum Gasteiger partial charge on any atom is 0.306 e. The molecule has 0 aromatic heterocycles. The zero-order chi connectivity index (χ0) is 19.1. The van der Waals surface area contributed by atoms with Crippen LogP contribution >= 0.6 is 0 Å². The number of aliphatic carboxylic acids is 1. The van der Waals surface area contributed by atoms with Crippen LogP contribution in [0.2, 0.25) is 0 Å². The third-order valence-corrected chi connectivity index (χ3v) is 5.32. The number of carboxylic acids is 1. The summed E-state index contributed by atoms with van der Waals surface area (Å²) in [5.74, 6) is -1.00. The maximum absolute atomic E-state index is 11.9. The predicted molar refractivity (Wildman–Crippen MR) is 91.2 cm³/mol. The molecule has 7 heteroatoms. The Bertz CT molecular complexity index is 494. The van der Waals surface area contributed by atoms with Crippen molar-refractivity contribution in [3.63, 3.8) is 0 Å². The van der Waals surface area contributed by atoms with Crippen LogP contribution in [0.4, 0.5) is 0 Å². The third kappa shape index (κ3) is 6.11. The molecule has 2 rings (SSSR count). The zero-order valence-electron chi connectivity index (χ0n) is 15.3. The summed E-state index contributed by atoms with van der Waals surface area (Å²) < 4.78 is 11.1. The number of ketones is 1. The summed E-state index contributed by atoms with van der Waals surface area (Å²) in [7, 11) is 0. The Labute approximate surface area is 153 Å². The monoisotopic (exact) mass is 368 g/mol. The number of ether oxygens (including phenoxy) is 2. The van der Waals surface area contributed by atoms with E-state index >= 15 is 0 Å². The molecule has 0 unspecified atom stereocenters. The van der Waals surface area contributed by atoms with Crippen molar-refractivity contribution in [3.8, 4) is 0 Å². The third-order valence-electron chi connectivity index (χ3n) is 5.32. The van der Waals surface area contributed by atoms with Crippen molar-refractivity contribution in [2.24, 2.45) is 11.8 Å². The highest BCUT2D eigenvalue weighted by molar-refractivity contribution is 5.76. The van der Waals surface area contributed by atoms with Crippen molar-refractivity contribution in [2.45, 2.75) is 83.3 Å². The highest BCUT2D eigenvalue weighted by Crippen LogP contribution is 2.47. The summed E-state index contributed by atoms with van der Waals surface area (Å²) in [6.45, 7) is 1.51. The van der Waals surface area contributed by atoms with E-state index in [9.17, 15) is 19.2 Å². The van der Waals surface area contributed by atoms with Gasteiger partial charge >= 0.3 is 17.9 Å². The number of hydrogen-bond acceptors (Lipinski definition) is 6. The molecule has 0 radical (unpaired) electrons. The second-order valence-electron chi connectivity index (χ2n) is 7.34. The molecule has 0 bridgehead atoms. The summed E-state index contributed by atoms with van der Waals surface area (Å²) in [5.41, 5.74) is 0. The van der Waals surface area contributed by atoms with Crippen molar-refractivity contribution in [1.29, 1.82) is 0 Å². The molecule has 0 spiro atoms. The van der Waals surface area contributed by atoms with Crippen LogP contribution in [0, 0.1) is 11.8 Å². The first-order valence-corrected chi connectivity index (χ1v) is 9.47. The molecule has 0 aromatic rings. The van der Waals surface area contributed by atoms with Crippen LogP contribution in [0.15, 0.2) is 0 Å². The number of carboxylic acid groups (broad SMARTS) is 1. The van der Waals surface area contributed by atoms with Crippen LogP contribution in [-0.4, -0.2) is 41.0 Å². The van der Waals surface area contributed by atoms with E-state index in [0.717, 1.165) is 25.7 Å². The van der Waals surface area contributed by atoms with Crippen LogP contribution in [0.3, 0.4) is 0 Å². The number of esters is 2. The predicted octanol–water partition coefficient (Wildman–Crippen LogP) is 2.64. The van der Waals surface area contributed by atoms with Crippen molar-refractivity contribution in [1.82, 2.24) is 0 Å². The normalized spacial score (nSPS) is 27.0. The maximum atomic E-state index is 11.9. The number of hydrogen-bond donors (Lipinski definition) is 1. The Morgan fingerprint density at radius 2 is 1.23 bits per heavy atom. The van der Waals surface area contributed by atoms with E-state index in [1.54, 1.807) is 0 Å². The Kier molecular flexibility index (Phi) is 7.60. The van der Waals surface area contributed by atoms with Gasteiger partial charge in [0, 0.05) is 37.5 Å². The Morgan fingerprint density at radius 1 is 0.769 bits per heavy atom. The summed E-state index contributed by atoms with van der Waals surface area (Å²) in [6, 6.07) is 0. The van der Waals surface area contributed by atoms with Gasteiger partial charge in [-0.2, -0.15) is 0 Å². The topological polar surface area (TPSA) is 107 Å². The molecule has 0 saturated heterocycles. The Balaban J connectivity index is 1.72. The molecule has 26 heavy (non-hydrogen) atoms. The Morgan fingerprint density at radius 3 is 1.65 bits per heavy atom. The molecular weight excluding hydrogens is 340 g/mol. The number of rotatable bonds is 10. The van der Waals surface area contributed by atoms with E-state index in [1.807, 2.05) is 0 Å². The van der Waals surface area contributed by atoms with E-state index in [0.29, 0.717) is 12.8 Å². The van der Waals surface area contributed by atoms with Gasteiger partial charge in [-0.15, -0.1) is 0 Å². The van der Waals surface area contributed by atoms with Crippen LogP contribution < -0.4 is 0 Å². The van der Waals surface area contributed by atoms with Gasteiger partial charge in [-0.05, 0) is 45.4 Å². The number of carbonyl (C=O) groups excluding carboxylic acids is 3. The second kappa shape index (κ2) is 9.69. The second-order valence-corrected chi connectivity index (χ2v) is 7.34. The van der Waals surface area contributed by atoms with Gasteiger partial charge in [0.15, 0.2) is 0 Å². The average Bonchev–Trinajstić information content (AvgIpc) is 3.10. The summed E-state index contributed by atoms with van der Waals surface area (Å²) in [4.78, 5) is 45.2. The standard InChI is InChI=1S/C19H28O7/c1-12(20)4-2-6-18(23)25-15-10-8-14-13(15)9-11-16(14)26-19(24)7-3-5-17(21)22/h13-16H,2-11H2,1H3,(H,21,22)/t13-,14-,15+,16+/m0/s1. The smallest absolute Gasteiger partial charge is 0.306 e. The van der Waals surface area contributed by atoms with Crippen LogP contribution in [0.5, 0.6) is 0 Å². The molecule has 2 aliphatic rings. The fourth-order valence-electron chi connectivity index (χ4n) is 4.11. The number of Topliss-reactive ketones (excluding diaryl/α,β-unsaturated/α-hetero) is 1. The van der Waals surface area contributed by atoms with Gasteiger partial charge in [0.25, 0.3) is 0 Å². The van der Waals surface area contributed by atoms with Crippen molar-refractivity contribution < 1.29 is 33.8 Å². The molecule has 0 aromatic carbocycles. The molecule has 0 amide bonds. The number of fused-ring (bicyclic) bond motifs is 1. The van der Waals surface area contributed by atoms with Crippen LogP contribution in [0.25, 0.3) is 0 Å². The van der Waals surface area contributed by atoms with Gasteiger partial charge < -0.3 is 19.4 Å². The highest BCUT2D eigenvalue weighted by atomic mass is 16.6. The molecule has 0 aliphatic heterocycles. The SMILES string of the molecule is CC(=O)CCCC(=O)O[C@@H]1CC[C@H]2[C@@H]1CC[C@H]2OC(=O)CCCC(=O)O. The quantitative estimate of drug-likeness (QED) is 0.591. The zero-order valence-corrected chi connectivity index (χ0v) is 15.3. The lowest BCUT2D eigenvalue weighted by Crippen LogP contribution is -2.26. The van der Waals surface area contributed by atoms with Gasteiger partial charge in [0.2, 0.25) is 0 Å². The molecule has 1 N–H and O–H groups in total. The van der Waals surface area contributed by atoms with Crippen LogP contribution in [0.1, 0.15) is 71.1 Å². The lowest BCUT2D eigenvalue weighted by Gasteiger charge is -2.21. The largest absolute Gasteiger partial charge is 0.481 e. The fraction of sp³-hybridized carbons (Fsp3) is 0.789. The minimum absolute atomic E-state index is 0.0343. The molecule has 0 heterocycles. The van der Waals surface area contributed by atoms with E-state index in [4.69, 9.17) is 14.6 Å². The summed E-state index contributed by atoms with van der Waals surface area (Å²) in [5, 5.41) is 8.61. The molecule has 2 fully saturated rings. The minimum atomic E-state index is -0.914. The van der Waals surface area contributed by atoms with E-state index in [-0.39, 0.29) is 67.4 Å². The minimum Gasteiger partial charge on any atom is -0.481 e. The Hall–Kier alpha value is -1.92. The van der Waals surface area contributed by atoms with Gasteiger partial charge in [0.05, 0.1) is 0 Å². The van der Waals surface area contributed by atoms with E-state index in [1.165, 1.54) is 6.92 Å². The van der Waals surface area contributed by atoms with Gasteiger partial charge in [0.1, 0.15) is 18.0 Å². The average molecular weight is 368 g/mol. The summed E-state index contributed by atoms with van der Waals surface area (Å²) >= 11 is 0. The first-order chi connectivity index (χ1) is 12.4. The lowest BCUT2D eigenvalue weighted by molar-refractivity contribution is -0.154. The molecule has 7 nitrogen and oxygen atoms in total. The van der Waals surface area contributed by atoms with Crippen LogP contribution in [-0.2, 0) is 28.7 Å². The first-order valence-electron chi connectivity index (χ1n) is 9.47. The van der Waals surface area contributed by atoms with E-state index in [2.05, 4.69) is 0 Å². The van der Waals surface area contributed by atoms with Crippen molar-refractivity contribution in [2.75, 3.05) is 0 Å². The first kappa shape index (κ1) is 20.4. The molecule has 4 atom stereocenters. The number of carbonyl (C=O) groups is 4. The van der Waals surface area contributed by atoms with Crippen molar-refractivity contribution in [3.05, 3.63) is 0 Å². The van der Waals surface area contributed by atoms with Gasteiger partial charge in [-0.1, -0.05) is 0 Å². The molecule has 2 aliphatic carbocycles. The lowest BCUT2D eigenvalue weighted by atomic mass is 9.98. The van der Waals surface area contributed by atoms with Gasteiger partial charge in [-0.3, -0.25) is 14.4 Å². The highest BCUT2D eigenvalue weighted by Gasteiger charge is 2.48. The van der Waals surface area contributed by atoms with Gasteiger partial charge in [-0.25, -0.2) is 0 Å². The van der Waals surface area contributed by atoms with E-state index < -0.39 is 5.97 Å². The fourth-order valence-corrected chi connectivity index (χ4v) is 4.11. The van der Waals surface area contributed by atoms with Crippen molar-refractivity contribution >= 4 is 23.7 Å². The molecule has 2 saturated carbocycles. The summed E-state index contributed by atoms with van der Waals surface area (Å²) in [6.07, 6.45) is 4.54. The molecule has 146 valence electrons. The molecular formula is C19H28O7.